The highest BCUT2D eigenvalue weighted by Gasteiger charge is 2.08. The Balaban J connectivity index is 1.84. The summed E-state index contributed by atoms with van der Waals surface area (Å²) in [4.78, 5) is 12.8. The molecule has 4 heteroatoms. The number of rotatable bonds is 4. The minimum absolute atomic E-state index is 0.0159. The van der Waals surface area contributed by atoms with Gasteiger partial charge in [0.05, 0.1) is 5.52 Å². The number of aliphatic hydroxyl groups is 1. The van der Waals surface area contributed by atoms with Gasteiger partial charge in [-0.25, -0.2) is 0 Å². The summed E-state index contributed by atoms with van der Waals surface area (Å²) in [5, 5.41) is 12.8. The normalized spacial score (nSPS) is 10.6. The summed E-state index contributed by atoms with van der Waals surface area (Å²) in [6.07, 6.45) is 1.88. The quantitative estimate of drug-likeness (QED) is 0.714. The molecule has 3 rings (SSSR count). The van der Waals surface area contributed by atoms with Crippen LogP contribution in [0.1, 0.15) is 22.3 Å². The van der Waals surface area contributed by atoms with Crippen LogP contribution in [-0.2, 0) is 20.1 Å². The first-order valence-electron chi connectivity index (χ1n) is 8.57. The van der Waals surface area contributed by atoms with Gasteiger partial charge in [-0.3, -0.25) is 4.79 Å². The summed E-state index contributed by atoms with van der Waals surface area (Å²) < 4.78 is 1.96. The van der Waals surface area contributed by atoms with Crippen molar-refractivity contribution in [3.05, 3.63) is 81.1 Å². The third-order valence-corrected chi connectivity index (χ3v) is 4.34. The maximum atomic E-state index is 12.8. The number of pyridine rings is 1. The predicted molar refractivity (Wildman–Crippen MR) is 105 cm³/mol. The third kappa shape index (κ3) is 4.02. The fourth-order valence-corrected chi connectivity index (χ4v) is 2.95. The second kappa shape index (κ2) is 8.01. The van der Waals surface area contributed by atoms with Crippen LogP contribution in [0.5, 0.6) is 0 Å². The number of hydrogen-bond acceptors (Lipinski definition) is 3. The molecule has 1 aromatic heterocycles. The summed E-state index contributed by atoms with van der Waals surface area (Å²) in [5.41, 5.74) is 4.76. The molecule has 4 nitrogen and oxygen atoms in total. The average Bonchev–Trinajstić information content (AvgIpc) is 2.65. The fraction of sp³-hybridized carbons (Fsp3) is 0.227. The Kier molecular flexibility index (Phi) is 5.52. The molecule has 0 radical (unpaired) electrons. The molecule has 2 aromatic carbocycles. The minimum atomic E-state index is -0.195. The van der Waals surface area contributed by atoms with Crippen LogP contribution in [-0.4, -0.2) is 16.3 Å². The van der Waals surface area contributed by atoms with E-state index in [2.05, 4.69) is 48.3 Å². The number of nitrogens with one attached hydrogen (secondary N) is 1. The molecule has 26 heavy (non-hydrogen) atoms. The zero-order chi connectivity index (χ0) is 18.5. The second-order valence-electron chi connectivity index (χ2n) is 6.38. The van der Waals surface area contributed by atoms with Crippen LogP contribution >= 0.6 is 0 Å². The van der Waals surface area contributed by atoms with Gasteiger partial charge in [0.2, 0.25) is 0 Å². The average molecular weight is 346 g/mol. The molecule has 0 unspecified atom stereocenters. The molecule has 2 N–H and O–H groups in total. The Morgan fingerprint density at radius 2 is 1.88 bits per heavy atom. The van der Waals surface area contributed by atoms with Gasteiger partial charge in [0.15, 0.2) is 5.43 Å². The molecule has 0 spiro atoms. The van der Waals surface area contributed by atoms with E-state index in [1.807, 2.05) is 29.9 Å². The SMILES string of the molecule is Cc1ccc(CNCc2cn(C)c3ccc(C#CCO)cc3c2=O)cc1. The van der Waals surface area contributed by atoms with E-state index in [0.717, 1.165) is 16.6 Å². The van der Waals surface area contributed by atoms with Crippen molar-refractivity contribution in [1.29, 1.82) is 0 Å². The van der Waals surface area contributed by atoms with Crippen molar-refractivity contribution in [3.63, 3.8) is 0 Å². The van der Waals surface area contributed by atoms with Crippen LogP contribution < -0.4 is 10.7 Å². The molecule has 0 amide bonds. The minimum Gasteiger partial charge on any atom is -0.384 e. The topological polar surface area (TPSA) is 54.3 Å². The van der Waals surface area contributed by atoms with E-state index in [9.17, 15) is 4.79 Å². The lowest BCUT2D eigenvalue weighted by Crippen LogP contribution is -2.21. The zero-order valence-corrected chi connectivity index (χ0v) is 15.0. The number of aliphatic hydroxyl groups excluding tert-OH is 1. The van der Waals surface area contributed by atoms with Gasteiger partial charge in [0.1, 0.15) is 6.61 Å². The van der Waals surface area contributed by atoms with E-state index < -0.39 is 0 Å². The maximum Gasteiger partial charge on any atom is 0.193 e. The number of aryl methyl sites for hydroxylation is 2. The number of hydrogen-bond donors (Lipinski definition) is 2. The first kappa shape index (κ1) is 17.9. The van der Waals surface area contributed by atoms with Gasteiger partial charge in [-0.05, 0) is 30.7 Å². The summed E-state index contributed by atoms with van der Waals surface area (Å²) in [7, 11) is 1.93. The summed E-state index contributed by atoms with van der Waals surface area (Å²) >= 11 is 0. The van der Waals surface area contributed by atoms with Crippen molar-refractivity contribution >= 4 is 10.9 Å². The lowest BCUT2D eigenvalue weighted by atomic mass is 10.1. The Morgan fingerprint density at radius 3 is 2.62 bits per heavy atom. The molecule has 1 heterocycles. The van der Waals surface area contributed by atoms with E-state index >= 15 is 0 Å². The number of benzene rings is 2. The first-order chi connectivity index (χ1) is 12.6. The highest BCUT2D eigenvalue weighted by molar-refractivity contribution is 5.81. The van der Waals surface area contributed by atoms with Gasteiger partial charge < -0.3 is 15.0 Å². The summed E-state index contributed by atoms with van der Waals surface area (Å²) in [6.45, 7) is 3.08. The van der Waals surface area contributed by atoms with Gasteiger partial charge in [-0.2, -0.15) is 0 Å². The smallest absolute Gasteiger partial charge is 0.193 e. The Hall–Kier alpha value is -2.87. The van der Waals surface area contributed by atoms with E-state index in [1.54, 1.807) is 6.07 Å². The van der Waals surface area contributed by atoms with Crippen molar-refractivity contribution in [2.24, 2.45) is 7.05 Å². The fourth-order valence-electron chi connectivity index (χ4n) is 2.95. The number of fused-ring (bicyclic) bond motifs is 1. The van der Waals surface area contributed by atoms with Crippen molar-refractivity contribution in [2.45, 2.75) is 20.0 Å². The molecule has 0 aliphatic rings. The van der Waals surface area contributed by atoms with Crippen molar-refractivity contribution < 1.29 is 5.11 Å². The predicted octanol–water partition coefficient (Wildman–Crippen LogP) is 2.48. The van der Waals surface area contributed by atoms with Gasteiger partial charge in [0.25, 0.3) is 0 Å². The van der Waals surface area contributed by atoms with E-state index in [1.165, 1.54) is 11.1 Å². The zero-order valence-electron chi connectivity index (χ0n) is 15.0. The van der Waals surface area contributed by atoms with Crippen LogP contribution in [0.25, 0.3) is 10.9 Å². The van der Waals surface area contributed by atoms with Crippen molar-refractivity contribution in [2.75, 3.05) is 6.61 Å². The van der Waals surface area contributed by atoms with E-state index in [4.69, 9.17) is 5.11 Å². The molecule has 0 saturated heterocycles. The monoisotopic (exact) mass is 346 g/mol. The second-order valence-corrected chi connectivity index (χ2v) is 6.38. The molecule has 0 saturated carbocycles. The van der Waals surface area contributed by atoms with Gasteiger partial charge in [-0.15, -0.1) is 0 Å². The largest absolute Gasteiger partial charge is 0.384 e. The molecule has 0 bridgehead atoms. The van der Waals surface area contributed by atoms with Crippen molar-refractivity contribution in [1.82, 2.24) is 9.88 Å². The number of nitrogens with zero attached hydrogens (tertiary/aromatic N) is 1. The van der Waals surface area contributed by atoms with E-state index in [-0.39, 0.29) is 12.0 Å². The molecule has 0 aliphatic carbocycles. The first-order valence-corrected chi connectivity index (χ1v) is 8.57. The molecule has 132 valence electrons. The van der Waals surface area contributed by atoms with Crippen molar-refractivity contribution in [3.8, 4) is 11.8 Å². The lowest BCUT2D eigenvalue weighted by Gasteiger charge is -2.10. The molecular weight excluding hydrogens is 324 g/mol. The van der Waals surface area contributed by atoms with E-state index in [0.29, 0.717) is 18.5 Å². The van der Waals surface area contributed by atoms with Gasteiger partial charge in [0, 0.05) is 42.8 Å². The maximum absolute atomic E-state index is 12.8. The Labute approximate surface area is 153 Å². The van der Waals surface area contributed by atoms with Crippen LogP contribution in [0.15, 0.2) is 53.5 Å². The van der Waals surface area contributed by atoms with Gasteiger partial charge >= 0.3 is 0 Å². The van der Waals surface area contributed by atoms with Gasteiger partial charge in [-0.1, -0.05) is 41.7 Å². The van der Waals surface area contributed by atoms with Crippen LogP contribution in [0, 0.1) is 18.8 Å². The highest BCUT2D eigenvalue weighted by Crippen LogP contribution is 2.13. The Bertz CT molecular complexity index is 1040. The molecule has 0 fully saturated rings. The summed E-state index contributed by atoms with van der Waals surface area (Å²) in [6, 6.07) is 13.9. The third-order valence-electron chi connectivity index (χ3n) is 4.34. The van der Waals surface area contributed by atoms with Crippen LogP contribution in [0.2, 0.25) is 0 Å². The van der Waals surface area contributed by atoms with Crippen LogP contribution in [0.4, 0.5) is 0 Å². The highest BCUT2D eigenvalue weighted by atomic mass is 16.2. The molecule has 0 atom stereocenters. The standard InChI is InChI=1S/C22H22N2O2/c1-16-5-7-18(8-6-16)13-23-14-19-15-24(2)21-10-9-17(4-3-11-25)12-20(21)22(19)26/h5-10,12,15,23,25H,11,13-14H2,1-2H3. The lowest BCUT2D eigenvalue weighted by molar-refractivity contribution is 0.350. The van der Waals surface area contributed by atoms with Crippen LogP contribution in [0.3, 0.4) is 0 Å². The molecular formula is C22H22N2O2. The molecule has 3 aromatic rings. The molecule has 0 aliphatic heterocycles. The Morgan fingerprint density at radius 1 is 1.12 bits per heavy atom. The summed E-state index contributed by atoms with van der Waals surface area (Å²) in [5.74, 6) is 5.48. The number of aromatic nitrogens is 1.